The van der Waals surface area contributed by atoms with E-state index in [0.717, 1.165) is 24.0 Å². The minimum Gasteiger partial charge on any atom is -0.458 e. The summed E-state index contributed by atoms with van der Waals surface area (Å²) in [7, 11) is 0. The molecule has 206 valence electrons. The number of carbonyl (C=O) groups is 5. The van der Waals surface area contributed by atoms with Gasteiger partial charge >= 0.3 is 11.9 Å². The van der Waals surface area contributed by atoms with Crippen molar-refractivity contribution < 1.29 is 33.4 Å². The van der Waals surface area contributed by atoms with Crippen LogP contribution in [0.3, 0.4) is 0 Å². The number of ether oxygens (including phenoxy) is 2. The van der Waals surface area contributed by atoms with E-state index >= 15 is 0 Å². The SMILES string of the molecule is CC(=O)OCC(=O)[C@@]1(OC(C)=O)CCC2C3CCC4=CC(=O)CCC4=C3[C@@H](c3ccc(C(C)=O)cc3)C[C@@]21C. The third kappa shape index (κ3) is 4.50. The maximum atomic E-state index is 13.8. The van der Waals surface area contributed by atoms with Crippen LogP contribution in [0.15, 0.2) is 47.1 Å². The molecule has 1 aromatic carbocycles. The highest BCUT2D eigenvalue weighted by Crippen LogP contribution is 2.67. The Bertz CT molecular complexity index is 1320. The number of rotatable bonds is 6. The number of Topliss-reactive ketones (excluding diaryl/α,β-unsaturated/α-hetero) is 2. The normalized spacial score (nSPS) is 31.4. The molecule has 1 aromatic rings. The molecule has 0 radical (unpaired) electrons. The Kier molecular flexibility index (Phi) is 6.98. The third-order valence-electron chi connectivity index (χ3n) is 9.75. The Morgan fingerprint density at radius 3 is 2.31 bits per heavy atom. The van der Waals surface area contributed by atoms with Crippen LogP contribution >= 0.6 is 0 Å². The molecule has 0 spiro atoms. The molecule has 7 nitrogen and oxygen atoms in total. The average molecular weight is 533 g/mol. The van der Waals surface area contributed by atoms with Crippen molar-refractivity contribution in [2.24, 2.45) is 17.3 Å². The molecule has 2 saturated carbocycles. The predicted molar refractivity (Wildman–Crippen MR) is 143 cm³/mol. The highest BCUT2D eigenvalue weighted by atomic mass is 16.6. The predicted octanol–water partition coefficient (Wildman–Crippen LogP) is 5.22. The van der Waals surface area contributed by atoms with Crippen LogP contribution in [0.5, 0.6) is 0 Å². The first kappa shape index (κ1) is 27.2. The summed E-state index contributed by atoms with van der Waals surface area (Å²) in [4.78, 5) is 62.1. The van der Waals surface area contributed by atoms with Crippen LogP contribution in [0.25, 0.3) is 0 Å². The molecule has 0 bridgehead atoms. The lowest BCUT2D eigenvalue weighted by atomic mass is 9.50. The highest BCUT2D eigenvalue weighted by molar-refractivity contribution is 5.95. The van der Waals surface area contributed by atoms with Gasteiger partial charge < -0.3 is 9.47 Å². The standard InChI is InChI=1S/C32H36O7/c1-18(33)21-5-7-22(8-6-21)27-16-31(4)28(26-11-9-23-15-24(36)10-12-25(23)30(26)27)13-14-32(31,39-20(3)35)29(37)17-38-19(2)34/h5-8,15,26-28H,9-14,16-17H2,1-4H3/t26?,27-,28?,31+,32+/m1/s1. The van der Waals surface area contributed by atoms with Crippen LogP contribution in [0.1, 0.15) is 94.5 Å². The molecule has 0 N–H and O–H groups in total. The van der Waals surface area contributed by atoms with Gasteiger partial charge in [0.15, 0.2) is 23.8 Å². The summed E-state index contributed by atoms with van der Waals surface area (Å²) in [6.45, 7) is 5.75. The highest BCUT2D eigenvalue weighted by Gasteiger charge is 2.68. The molecule has 0 amide bonds. The number of carbonyl (C=O) groups excluding carboxylic acids is 5. The van der Waals surface area contributed by atoms with Gasteiger partial charge in [0.25, 0.3) is 0 Å². The van der Waals surface area contributed by atoms with E-state index in [1.165, 1.54) is 25.0 Å². The van der Waals surface area contributed by atoms with Crippen molar-refractivity contribution in [3.63, 3.8) is 0 Å². The number of esters is 2. The number of allylic oxidation sites excluding steroid dienone is 4. The van der Waals surface area contributed by atoms with Crippen molar-refractivity contribution in [3.8, 4) is 0 Å². The summed E-state index contributed by atoms with van der Waals surface area (Å²) in [5.74, 6) is -1.11. The second-order valence-electron chi connectivity index (χ2n) is 11.8. The van der Waals surface area contributed by atoms with Crippen LogP contribution in [0, 0.1) is 17.3 Å². The first-order chi connectivity index (χ1) is 18.5. The molecule has 7 heteroatoms. The summed E-state index contributed by atoms with van der Waals surface area (Å²) >= 11 is 0. The summed E-state index contributed by atoms with van der Waals surface area (Å²) in [5.41, 5.74) is 3.31. The molecule has 2 fully saturated rings. The molecule has 4 aliphatic rings. The van der Waals surface area contributed by atoms with Crippen LogP contribution in [0.2, 0.25) is 0 Å². The van der Waals surface area contributed by atoms with E-state index < -0.39 is 29.6 Å². The van der Waals surface area contributed by atoms with Gasteiger partial charge in [-0.2, -0.15) is 0 Å². The summed E-state index contributed by atoms with van der Waals surface area (Å²) < 4.78 is 11.1. The van der Waals surface area contributed by atoms with Gasteiger partial charge in [-0.3, -0.25) is 24.0 Å². The Morgan fingerprint density at radius 1 is 0.949 bits per heavy atom. The molecule has 39 heavy (non-hydrogen) atoms. The van der Waals surface area contributed by atoms with E-state index in [9.17, 15) is 24.0 Å². The minimum absolute atomic E-state index is 0.00783. The first-order valence-electron chi connectivity index (χ1n) is 13.9. The van der Waals surface area contributed by atoms with E-state index in [2.05, 4.69) is 6.92 Å². The van der Waals surface area contributed by atoms with Gasteiger partial charge in [-0.1, -0.05) is 36.8 Å². The molecule has 0 aromatic heterocycles. The minimum atomic E-state index is -1.40. The zero-order valence-electron chi connectivity index (χ0n) is 23.1. The van der Waals surface area contributed by atoms with Crippen LogP contribution in [0.4, 0.5) is 0 Å². The Labute approximate surface area is 229 Å². The molecule has 0 heterocycles. The van der Waals surface area contributed by atoms with Gasteiger partial charge in [0, 0.05) is 37.2 Å². The topological polar surface area (TPSA) is 104 Å². The van der Waals surface area contributed by atoms with Crippen LogP contribution in [-0.2, 0) is 28.7 Å². The van der Waals surface area contributed by atoms with E-state index in [1.54, 1.807) is 6.92 Å². The van der Waals surface area contributed by atoms with Gasteiger partial charge in [-0.15, -0.1) is 0 Å². The monoisotopic (exact) mass is 532 g/mol. The number of benzene rings is 1. The van der Waals surface area contributed by atoms with Gasteiger partial charge in [0.2, 0.25) is 5.78 Å². The lowest BCUT2D eigenvalue weighted by molar-refractivity contribution is -0.186. The van der Waals surface area contributed by atoms with E-state index in [-0.39, 0.29) is 35.1 Å². The Morgan fingerprint density at radius 2 is 1.67 bits per heavy atom. The Hall–Kier alpha value is -3.35. The number of fused-ring (bicyclic) bond motifs is 4. The molecule has 4 aliphatic carbocycles. The summed E-state index contributed by atoms with van der Waals surface area (Å²) in [6, 6.07) is 7.67. The molecule has 0 aliphatic heterocycles. The zero-order chi connectivity index (χ0) is 28.1. The van der Waals surface area contributed by atoms with E-state index in [0.29, 0.717) is 37.7 Å². The lowest BCUT2D eigenvalue weighted by Crippen LogP contribution is -2.58. The number of hydrogen-bond donors (Lipinski definition) is 0. The quantitative estimate of drug-likeness (QED) is 0.365. The fourth-order valence-electron chi connectivity index (χ4n) is 8.11. The first-order valence-corrected chi connectivity index (χ1v) is 13.9. The maximum absolute atomic E-state index is 13.8. The molecule has 0 saturated heterocycles. The zero-order valence-corrected chi connectivity index (χ0v) is 23.1. The van der Waals surface area contributed by atoms with E-state index in [4.69, 9.17) is 9.47 Å². The Balaban J connectivity index is 1.66. The third-order valence-corrected chi connectivity index (χ3v) is 9.75. The van der Waals surface area contributed by atoms with Crippen LogP contribution in [-0.4, -0.2) is 41.5 Å². The second kappa shape index (κ2) is 10.00. The van der Waals surface area contributed by atoms with Crippen molar-refractivity contribution in [2.45, 2.75) is 84.2 Å². The summed E-state index contributed by atoms with van der Waals surface area (Å²) in [6.07, 6.45) is 6.33. The summed E-state index contributed by atoms with van der Waals surface area (Å²) in [5, 5.41) is 0. The van der Waals surface area contributed by atoms with Gasteiger partial charge in [0.05, 0.1) is 0 Å². The fourth-order valence-corrected chi connectivity index (χ4v) is 8.11. The maximum Gasteiger partial charge on any atom is 0.303 e. The van der Waals surface area contributed by atoms with Crippen molar-refractivity contribution in [3.05, 3.63) is 58.2 Å². The second-order valence-corrected chi connectivity index (χ2v) is 11.8. The van der Waals surface area contributed by atoms with Crippen molar-refractivity contribution in [2.75, 3.05) is 6.61 Å². The average Bonchev–Trinajstić information content (AvgIpc) is 3.18. The number of hydrogen-bond acceptors (Lipinski definition) is 7. The van der Waals surface area contributed by atoms with Crippen molar-refractivity contribution in [1.82, 2.24) is 0 Å². The van der Waals surface area contributed by atoms with Gasteiger partial charge in [-0.05, 0) is 80.1 Å². The molecule has 2 unspecified atom stereocenters. The molecule has 5 rings (SSSR count). The van der Waals surface area contributed by atoms with Crippen LogP contribution < -0.4 is 0 Å². The fraction of sp³-hybridized carbons (Fsp3) is 0.531. The van der Waals surface area contributed by atoms with Gasteiger partial charge in [-0.25, -0.2) is 0 Å². The molecular weight excluding hydrogens is 496 g/mol. The van der Waals surface area contributed by atoms with E-state index in [1.807, 2.05) is 30.3 Å². The van der Waals surface area contributed by atoms with Crippen molar-refractivity contribution >= 4 is 29.3 Å². The van der Waals surface area contributed by atoms with Gasteiger partial charge in [0.1, 0.15) is 0 Å². The van der Waals surface area contributed by atoms with Crippen molar-refractivity contribution in [1.29, 1.82) is 0 Å². The largest absolute Gasteiger partial charge is 0.458 e. The molecule has 5 atom stereocenters. The molecular formula is C32H36O7. The lowest BCUT2D eigenvalue weighted by Gasteiger charge is -2.55. The smallest absolute Gasteiger partial charge is 0.303 e. The number of ketones is 3.